The topological polar surface area (TPSA) is 169 Å². The van der Waals surface area contributed by atoms with E-state index in [0.29, 0.717) is 16.8 Å². The minimum absolute atomic E-state index is 0.0246. The molecule has 0 aromatic heterocycles. The summed E-state index contributed by atoms with van der Waals surface area (Å²) in [5.74, 6) is -1.75. The molecule has 1 aliphatic heterocycles. The first-order chi connectivity index (χ1) is 22.2. The van der Waals surface area contributed by atoms with Gasteiger partial charge in [-0.1, -0.05) is 60.7 Å². The fraction of sp³-hybridized carbons (Fsp3) is 0.314. The molecule has 46 heavy (non-hydrogen) atoms. The molecule has 3 aromatic carbocycles. The molecule has 2 aliphatic rings. The van der Waals surface area contributed by atoms with Crippen LogP contribution in [0.3, 0.4) is 0 Å². The second kappa shape index (κ2) is 14.5. The highest BCUT2D eigenvalue weighted by atomic mass is 16.4. The third-order valence-corrected chi connectivity index (χ3v) is 8.53. The molecule has 0 radical (unpaired) electrons. The van der Waals surface area contributed by atoms with Gasteiger partial charge in [-0.15, -0.1) is 0 Å². The highest BCUT2D eigenvalue weighted by molar-refractivity contribution is 6.00. The Morgan fingerprint density at radius 2 is 1.65 bits per heavy atom. The number of hydrogen-bond donors (Lipinski definition) is 4. The van der Waals surface area contributed by atoms with E-state index < -0.39 is 30.0 Å². The summed E-state index contributed by atoms with van der Waals surface area (Å²) < 4.78 is 0. The number of Topliss-reactive ketones (excluding diaryl/α,β-unsaturated/α-hetero) is 1. The van der Waals surface area contributed by atoms with Gasteiger partial charge >= 0.3 is 6.09 Å². The summed E-state index contributed by atoms with van der Waals surface area (Å²) in [4.78, 5) is 66.3. The largest absolute Gasteiger partial charge is 0.465 e. The van der Waals surface area contributed by atoms with E-state index in [4.69, 9.17) is 5.11 Å². The van der Waals surface area contributed by atoms with Crippen molar-refractivity contribution >= 4 is 35.3 Å². The van der Waals surface area contributed by atoms with E-state index in [2.05, 4.69) is 22.0 Å². The van der Waals surface area contributed by atoms with Gasteiger partial charge in [-0.05, 0) is 54.0 Å². The molecule has 0 saturated carbocycles. The zero-order valence-corrected chi connectivity index (χ0v) is 25.3. The Kier molecular flexibility index (Phi) is 10.1. The van der Waals surface area contributed by atoms with Gasteiger partial charge in [0.15, 0.2) is 5.78 Å². The van der Waals surface area contributed by atoms with E-state index in [1.54, 1.807) is 36.4 Å². The standard InChI is InChI=1S/C35H35N5O6/c36-20-27-26-12-6-11-22(26)13-14-28(27)38-33(43)29(17-18-37-35(45)46)39-34(44)30-19-24-9-4-5-10-25(24)21-40(30)32(42)16-15-31(41)23-7-2-1-3-8-23/h1-5,7-10,13-14,29-30,37H,6,11-12,15-19,21H2,(H,38,43)(H,39,44)(H,45,46). The Labute approximate surface area is 266 Å². The predicted octanol–water partition coefficient (Wildman–Crippen LogP) is 3.74. The third kappa shape index (κ3) is 7.41. The second-order valence-electron chi connectivity index (χ2n) is 11.5. The Balaban J connectivity index is 1.34. The lowest BCUT2D eigenvalue weighted by molar-refractivity contribution is -0.142. The third-order valence-electron chi connectivity index (χ3n) is 8.53. The van der Waals surface area contributed by atoms with Crippen LogP contribution in [0.5, 0.6) is 0 Å². The lowest BCUT2D eigenvalue weighted by Gasteiger charge is -2.37. The monoisotopic (exact) mass is 621 g/mol. The van der Waals surface area contributed by atoms with Crippen molar-refractivity contribution in [3.8, 4) is 6.07 Å². The van der Waals surface area contributed by atoms with Crippen LogP contribution in [0.4, 0.5) is 10.5 Å². The number of aryl methyl sites for hydroxylation is 1. The Hall–Kier alpha value is -5.50. The van der Waals surface area contributed by atoms with E-state index in [9.17, 15) is 29.2 Å². The molecule has 0 saturated heterocycles. The molecule has 3 aromatic rings. The van der Waals surface area contributed by atoms with Crippen LogP contribution in [-0.2, 0) is 40.2 Å². The van der Waals surface area contributed by atoms with Gasteiger partial charge in [-0.2, -0.15) is 5.26 Å². The number of fused-ring (bicyclic) bond motifs is 2. The molecule has 4 amide bonds. The lowest BCUT2D eigenvalue weighted by Crippen LogP contribution is -2.56. The van der Waals surface area contributed by atoms with Crippen LogP contribution in [0.1, 0.15) is 63.9 Å². The highest BCUT2D eigenvalue weighted by Gasteiger charge is 2.36. The van der Waals surface area contributed by atoms with Crippen LogP contribution in [0.2, 0.25) is 0 Å². The lowest BCUT2D eigenvalue weighted by atomic mass is 9.92. The second-order valence-corrected chi connectivity index (χ2v) is 11.5. The van der Waals surface area contributed by atoms with Crippen molar-refractivity contribution in [3.05, 3.63) is 100 Å². The number of nitrogens with one attached hydrogen (secondary N) is 3. The molecule has 0 bridgehead atoms. The number of ketones is 1. The van der Waals surface area contributed by atoms with Crippen LogP contribution in [0.25, 0.3) is 0 Å². The smallest absolute Gasteiger partial charge is 0.404 e. The first-order valence-corrected chi connectivity index (χ1v) is 15.3. The maximum atomic E-state index is 13.9. The van der Waals surface area contributed by atoms with Crippen LogP contribution in [0.15, 0.2) is 66.7 Å². The predicted molar refractivity (Wildman–Crippen MR) is 169 cm³/mol. The number of nitrogens with zero attached hydrogens (tertiary/aromatic N) is 2. The molecular weight excluding hydrogens is 586 g/mol. The molecule has 0 fully saturated rings. The SMILES string of the molecule is N#Cc1c(NC(=O)C(CCNC(=O)O)NC(=O)C2Cc3ccccc3CN2C(=O)CCC(=O)c2ccccc2)ccc2c1CCC2. The summed E-state index contributed by atoms with van der Waals surface area (Å²) in [7, 11) is 0. The molecule has 1 aliphatic carbocycles. The van der Waals surface area contributed by atoms with Crippen molar-refractivity contribution in [1.29, 1.82) is 5.26 Å². The molecule has 2 unspecified atom stereocenters. The van der Waals surface area contributed by atoms with Crippen LogP contribution < -0.4 is 16.0 Å². The molecule has 5 rings (SSSR count). The Morgan fingerprint density at radius 3 is 2.39 bits per heavy atom. The number of benzene rings is 3. The molecule has 11 nitrogen and oxygen atoms in total. The fourth-order valence-corrected chi connectivity index (χ4v) is 6.13. The Morgan fingerprint density at radius 1 is 0.913 bits per heavy atom. The number of nitriles is 1. The van der Waals surface area contributed by atoms with Gasteiger partial charge in [-0.3, -0.25) is 19.2 Å². The number of anilines is 1. The number of hydrogen-bond acceptors (Lipinski definition) is 6. The number of carbonyl (C=O) groups excluding carboxylic acids is 4. The minimum atomic E-state index is -1.28. The highest BCUT2D eigenvalue weighted by Crippen LogP contribution is 2.30. The number of amides is 4. The first kappa shape index (κ1) is 31.9. The van der Waals surface area contributed by atoms with Gasteiger partial charge in [-0.25, -0.2) is 4.79 Å². The summed E-state index contributed by atoms with van der Waals surface area (Å²) in [6, 6.07) is 19.7. The first-order valence-electron chi connectivity index (χ1n) is 15.3. The Bertz CT molecular complexity index is 1700. The van der Waals surface area contributed by atoms with E-state index in [-0.39, 0.29) is 50.5 Å². The van der Waals surface area contributed by atoms with Gasteiger partial charge < -0.3 is 26.0 Å². The maximum absolute atomic E-state index is 13.9. The summed E-state index contributed by atoms with van der Waals surface area (Å²) >= 11 is 0. The fourth-order valence-electron chi connectivity index (χ4n) is 6.13. The minimum Gasteiger partial charge on any atom is -0.465 e. The zero-order chi connectivity index (χ0) is 32.6. The molecule has 0 spiro atoms. The average Bonchev–Trinajstić information content (AvgIpc) is 3.55. The van der Waals surface area contributed by atoms with Crippen molar-refractivity contribution in [2.24, 2.45) is 0 Å². The van der Waals surface area contributed by atoms with Gasteiger partial charge in [0.25, 0.3) is 0 Å². The van der Waals surface area contributed by atoms with Crippen molar-refractivity contribution in [3.63, 3.8) is 0 Å². The van der Waals surface area contributed by atoms with Crippen LogP contribution in [-0.4, -0.2) is 58.2 Å². The van der Waals surface area contributed by atoms with E-state index >= 15 is 0 Å². The maximum Gasteiger partial charge on any atom is 0.404 e. The molecule has 1 heterocycles. The van der Waals surface area contributed by atoms with Crippen LogP contribution >= 0.6 is 0 Å². The van der Waals surface area contributed by atoms with E-state index in [1.165, 1.54) is 4.90 Å². The molecule has 236 valence electrons. The summed E-state index contributed by atoms with van der Waals surface area (Å²) in [5, 5.41) is 26.7. The van der Waals surface area contributed by atoms with Gasteiger partial charge in [0.05, 0.1) is 11.3 Å². The van der Waals surface area contributed by atoms with Crippen molar-refractivity contribution in [2.45, 2.75) is 63.6 Å². The van der Waals surface area contributed by atoms with Gasteiger partial charge in [0, 0.05) is 37.9 Å². The molecule has 2 atom stereocenters. The van der Waals surface area contributed by atoms with Crippen molar-refractivity contribution in [1.82, 2.24) is 15.5 Å². The average molecular weight is 622 g/mol. The van der Waals surface area contributed by atoms with Crippen molar-refractivity contribution in [2.75, 3.05) is 11.9 Å². The molecular formula is C35H35N5O6. The molecule has 11 heteroatoms. The number of carboxylic acid groups (broad SMARTS) is 1. The van der Waals surface area contributed by atoms with Crippen LogP contribution in [0, 0.1) is 11.3 Å². The van der Waals surface area contributed by atoms with E-state index in [1.807, 2.05) is 30.3 Å². The van der Waals surface area contributed by atoms with E-state index in [0.717, 1.165) is 41.5 Å². The quantitative estimate of drug-likeness (QED) is 0.237. The summed E-state index contributed by atoms with van der Waals surface area (Å²) in [6.07, 6.45) is 1.24. The number of rotatable bonds is 11. The van der Waals surface area contributed by atoms with Gasteiger partial charge in [0.2, 0.25) is 17.7 Å². The number of carbonyl (C=O) groups is 5. The molecule has 4 N–H and O–H groups in total. The summed E-state index contributed by atoms with van der Waals surface area (Å²) in [6.45, 7) is 0.0332. The summed E-state index contributed by atoms with van der Waals surface area (Å²) in [5.41, 5.74) is 4.94. The normalized spacial score (nSPS) is 15.5. The van der Waals surface area contributed by atoms with Gasteiger partial charge in [0.1, 0.15) is 18.2 Å². The van der Waals surface area contributed by atoms with Crippen molar-refractivity contribution < 1.29 is 29.1 Å². The zero-order valence-electron chi connectivity index (χ0n) is 25.3.